The maximum Gasteiger partial charge on any atom is 0.220 e. The van der Waals surface area contributed by atoms with Gasteiger partial charge in [-0.15, -0.1) is 0 Å². The predicted molar refractivity (Wildman–Crippen MR) is 123 cm³/mol. The Balaban J connectivity index is 1.33. The number of amides is 1. The van der Waals surface area contributed by atoms with Crippen LogP contribution in [0.2, 0.25) is 0 Å². The fourth-order valence-electron chi connectivity index (χ4n) is 4.85. The second-order valence-corrected chi connectivity index (χ2v) is 9.34. The van der Waals surface area contributed by atoms with Crippen LogP contribution in [-0.2, 0) is 17.8 Å². The van der Waals surface area contributed by atoms with Gasteiger partial charge in [-0.05, 0) is 75.6 Å². The van der Waals surface area contributed by atoms with Crippen molar-refractivity contribution >= 4 is 11.6 Å². The molecule has 0 unspecified atom stereocenters. The predicted octanol–water partition coefficient (Wildman–Crippen LogP) is 3.54. The minimum absolute atomic E-state index is 0.133. The zero-order valence-electron chi connectivity index (χ0n) is 19.0. The summed E-state index contributed by atoms with van der Waals surface area (Å²) in [5, 5.41) is 8.04. The fraction of sp³-hybridized carbons (Fsp3) is 0.520. The van der Waals surface area contributed by atoms with Crippen LogP contribution in [0.25, 0.3) is 5.65 Å². The van der Waals surface area contributed by atoms with Crippen molar-refractivity contribution < 1.29 is 4.79 Å². The molecule has 5 rings (SSSR count). The van der Waals surface area contributed by atoms with E-state index in [4.69, 9.17) is 10.1 Å². The summed E-state index contributed by atoms with van der Waals surface area (Å²) in [7, 11) is 0. The van der Waals surface area contributed by atoms with Crippen molar-refractivity contribution in [3.63, 3.8) is 0 Å². The highest BCUT2D eigenvalue weighted by molar-refractivity contribution is 5.76. The van der Waals surface area contributed by atoms with E-state index in [1.165, 1.54) is 24.8 Å². The molecule has 7 heteroatoms. The van der Waals surface area contributed by atoms with E-state index < -0.39 is 0 Å². The van der Waals surface area contributed by atoms with Gasteiger partial charge in [0.25, 0.3) is 0 Å². The van der Waals surface area contributed by atoms with Gasteiger partial charge in [0.2, 0.25) is 5.91 Å². The lowest BCUT2D eigenvalue weighted by Crippen LogP contribution is -2.26. The molecule has 3 aromatic heterocycles. The van der Waals surface area contributed by atoms with E-state index in [1.807, 2.05) is 29.9 Å². The molecule has 3 aromatic rings. The van der Waals surface area contributed by atoms with E-state index in [0.29, 0.717) is 24.8 Å². The van der Waals surface area contributed by atoms with E-state index in [2.05, 4.69) is 34.3 Å². The van der Waals surface area contributed by atoms with Crippen LogP contribution < -0.4 is 5.32 Å². The van der Waals surface area contributed by atoms with Gasteiger partial charge in [-0.1, -0.05) is 6.07 Å². The molecule has 1 aliphatic carbocycles. The van der Waals surface area contributed by atoms with Gasteiger partial charge in [0, 0.05) is 49.4 Å². The zero-order chi connectivity index (χ0) is 22.1. The number of aryl methyl sites for hydroxylation is 2. The number of pyridine rings is 1. The molecule has 1 atom stereocenters. The average molecular weight is 433 g/mol. The molecule has 2 aliphatic rings. The van der Waals surface area contributed by atoms with Crippen molar-refractivity contribution in [2.24, 2.45) is 5.92 Å². The quantitative estimate of drug-likeness (QED) is 0.589. The summed E-state index contributed by atoms with van der Waals surface area (Å²) < 4.78 is 1.97. The van der Waals surface area contributed by atoms with Crippen molar-refractivity contribution in [1.82, 2.24) is 29.8 Å². The van der Waals surface area contributed by atoms with Crippen LogP contribution in [-0.4, -0.2) is 43.5 Å². The first-order chi connectivity index (χ1) is 15.6. The Morgan fingerprint density at radius 3 is 2.91 bits per heavy atom. The molecule has 1 amide bonds. The Bertz CT molecular complexity index is 1100. The van der Waals surface area contributed by atoms with Crippen molar-refractivity contribution in [2.45, 2.75) is 65.0 Å². The highest BCUT2D eigenvalue weighted by atomic mass is 16.1. The van der Waals surface area contributed by atoms with Crippen LogP contribution in [0.4, 0.5) is 0 Å². The summed E-state index contributed by atoms with van der Waals surface area (Å²) in [5.74, 6) is 0.838. The largest absolute Gasteiger partial charge is 0.356 e. The Hall–Kier alpha value is -2.80. The summed E-state index contributed by atoms with van der Waals surface area (Å²) in [6, 6.07) is 6.56. The summed E-state index contributed by atoms with van der Waals surface area (Å²) in [5.41, 5.74) is 6.43. The van der Waals surface area contributed by atoms with Crippen molar-refractivity contribution in [2.75, 3.05) is 13.1 Å². The Kier molecular flexibility index (Phi) is 5.91. The molecule has 0 aromatic carbocycles. The van der Waals surface area contributed by atoms with Crippen molar-refractivity contribution in [1.29, 1.82) is 0 Å². The molecular formula is C25H32N6O. The van der Waals surface area contributed by atoms with Gasteiger partial charge < -0.3 is 5.32 Å². The molecule has 2 fully saturated rings. The van der Waals surface area contributed by atoms with E-state index in [0.717, 1.165) is 54.3 Å². The topological polar surface area (TPSA) is 75.4 Å². The highest BCUT2D eigenvalue weighted by Crippen LogP contribution is 2.33. The summed E-state index contributed by atoms with van der Waals surface area (Å²) in [6.45, 7) is 6.92. The minimum Gasteiger partial charge on any atom is -0.356 e. The Morgan fingerprint density at radius 1 is 1.25 bits per heavy atom. The lowest BCUT2D eigenvalue weighted by Gasteiger charge is -2.22. The molecule has 0 spiro atoms. The highest BCUT2D eigenvalue weighted by Gasteiger charge is 2.29. The molecule has 1 aliphatic heterocycles. The zero-order valence-corrected chi connectivity index (χ0v) is 19.0. The first kappa shape index (κ1) is 21.1. The molecule has 32 heavy (non-hydrogen) atoms. The molecule has 168 valence electrons. The molecule has 1 saturated carbocycles. The maximum atomic E-state index is 12.2. The second-order valence-electron chi connectivity index (χ2n) is 9.34. The van der Waals surface area contributed by atoms with Crippen molar-refractivity contribution in [3.8, 4) is 0 Å². The van der Waals surface area contributed by atoms with Gasteiger partial charge in [0.1, 0.15) is 0 Å². The van der Waals surface area contributed by atoms with Crippen LogP contribution in [0.15, 0.2) is 30.6 Å². The Labute approximate surface area is 189 Å². The van der Waals surface area contributed by atoms with E-state index in [9.17, 15) is 4.79 Å². The fourth-order valence-corrected chi connectivity index (χ4v) is 4.85. The molecule has 1 N–H and O–H groups in total. The van der Waals surface area contributed by atoms with E-state index >= 15 is 0 Å². The van der Waals surface area contributed by atoms with Gasteiger partial charge in [0.15, 0.2) is 5.65 Å². The third-order valence-corrected chi connectivity index (χ3v) is 6.88. The standard InChI is InChI=1S/C25H32N6O/c1-17-21(9-10-25(32)27-15-19-7-8-19)18(2)31-24(28-17)13-22(29-31)23-6-4-12-30(23)16-20-5-3-11-26-14-20/h3,5,11,13-14,19,23H,4,6-10,12,15-16H2,1-2H3,(H,27,32)/t23-/m1/s1. The number of hydrogen-bond donors (Lipinski definition) is 1. The first-order valence-corrected chi connectivity index (χ1v) is 11.8. The number of likely N-dealkylation sites (tertiary alicyclic amines) is 1. The number of nitrogens with one attached hydrogen (secondary N) is 1. The summed E-state index contributed by atoms with van der Waals surface area (Å²) in [4.78, 5) is 23.8. The maximum absolute atomic E-state index is 12.2. The second kappa shape index (κ2) is 8.98. The van der Waals surface area contributed by atoms with Gasteiger partial charge in [-0.2, -0.15) is 5.10 Å². The van der Waals surface area contributed by atoms with Gasteiger partial charge >= 0.3 is 0 Å². The molecule has 0 radical (unpaired) electrons. The number of carbonyl (C=O) groups is 1. The van der Waals surface area contributed by atoms with Gasteiger partial charge in [-0.3, -0.25) is 14.7 Å². The smallest absolute Gasteiger partial charge is 0.220 e. The summed E-state index contributed by atoms with van der Waals surface area (Å²) >= 11 is 0. The number of rotatable bonds is 8. The third kappa shape index (κ3) is 4.53. The molecule has 7 nitrogen and oxygen atoms in total. The minimum atomic E-state index is 0.133. The summed E-state index contributed by atoms with van der Waals surface area (Å²) in [6.07, 6.45) is 9.74. The number of nitrogens with zero attached hydrogens (tertiary/aromatic N) is 5. The Morgan fingerprint density at radius 2 is 2.12 bits per heavy atom. The van der Waals surface area contributed by atoms with E-state index in [1.54, 1.807) is 0 Å². The lowest BCUT2D eigenvalue weighted by molar-refractivity contribution is -0.121. The third-order valence-electron chi connectivity index (χ3n) is 6.88. The monoisotopic (exact) mass is 432 g/mol. The van der Waals surface area contributed by atoms with Crippen LogP contribution >= 0.6 is 0 Å². The van der Waals surface area contributed by atoms with Crippen LogP contribution in [0.5, 0.6) is 0 Å². The number of carbonyl (C=O) groups excluding carboxylic acids is 1. The number of fused-ring (bicyclic) bond motifs is 1. The molecule has 4 heterocycles. The van der Waals surface area contributed by atoms with Crippen LogP contribution in [0.3, 0.4) is 0 Å². The van der Waals surface area contributed by atoms with Crippen LogP contribution in [0.1, 0.15) is 66.4 Å². The lowest BCUT2D eigenvalue weighted by atomic mass is 10.1. The normalized spacial score (nSPS) is 19.0. The van der Waals surface area contributed by atoms with Gasteiger partial charge in [-0.25, -0.2) is 9.50 Å². The first-order valence-electron chi connectivity index (χ1n) is 11.8. The van der Waals surface area contributed by atoms with E-state index in [-0.39, 0.29) is 5.91 Å². The number of hydrogen-bond acceptors (Lipinski definition) is 5. The molecular weight excluding hydrogens is 400 g/mol. The molecule has 1 saturated heterocycles. The van der Waals surface area contributed by atoms with Gasteiger partial charge in [0.05, 0.1) is 11.7 Å². The molecule has 0 bridgehead atoms. The average Bonchev–Trinajstić information content (AvgIpc) is 3.35. The number of aromatic nitrogens is 4. The van der Waals surface area contributed by atoms with Crippen LogP contribution in [0, 0.1) is 19.8 Å². The SMILES string of the molecule is Cc1nc2cc([C@H]3CCCN3Cc3cccnc3)nn2c(C)c1CCC(=O)NCC1CC1. The van der Waals surface area contributed by atoms with Crippen molar-refractivity contribution in [3.05, 3.63) is 58.8 Å².